The number of primary amides is 1. The highest BCUT2D eigenvalue weighted by molar-refractivity contribution is 7.13. The monoisotopic (exact) mass is 360 g/mol. The number of anilines is 1. The molecule has 0 saturated carbocycles. The number of aromatic nitrogens is 3. The molecule has 7 nitrogen and oxygen atoms in total. The smallest absolute Gasteiger partial charge is 0.252 e. The topological polar surface area (TPSA) is 89.1 Å². The minimum atomic E-state index is -0.371. The van der Waals surface area contributed by atoms with Gasteiger partial charge in [0.25, 0.3) is 5.91 Å². The van der Waals surface area contributed by atoms with Crippen LogP contribution in [-0.4, -0.2) is 46.3 Å². The quantitative estimate of drug-likeness (QED) is 0.838. The summed E-state index contributed by atoms with van der Waals surface area (Å²) in [4.78, 5) is 18.3. The molecule has 4 rings (SSSR count). The van der Waals surface area contributed by atoms with Crippen LogP contribution in [0.2, 0.25) is 0 Å². The maximum absolute atomic E-state index is 11.5. The normalized spacial score (nSPS) is 21.3. The first-order valence-electron chi connectivity index (χ1n) is 8.93. The molecule has 2 aromatic rings. The highest BCUT2D eigenvalue weighted by Gasteiger charge is 2.26. The molecule has 2 aliphatic heterocycles. The summed E-state index contributed by atoms with van der Waals surface area (Å²) >= 11 is 1.71. The predicted octanol–water partition coefficient (Wildman–Crippen LogP) is 1.26. The molecule has 1 fully saturated rings. The van der Waals surface area contributed by atoms with Gasteiger partial charge in [0.1, 0.15) is 0 Å². The van der Waals surface area contributed by atoms with E-state index in [9.17, 15) is 4.79 Å². The number of fused-ring (bicyclic) bond motifs is 1. The Bertz CT molecular complexity index is 720. The maximum Gasteiger partial charge on any atom is 0.252 e. The zero-order valence-corrected chi connectivity index (χ0v) is 15.0. The Kier molecular flexibility index (Phi) is 4.72. The number of nitrogens with two attached hydrogens (primary N) is 1. The van der Waals surface area contributed by atoms with E-state index in [2.05, 4.69) is 20.3 Å². The molecule has 0 aromatic carbocycles. The van der Waals surface area contributed by atoms with Crippen molar-refractivity contribution in [1.82, 2.24) is 20.1 Å². The maximum atomic E-state index is 11.5. The molecule has 0 bridgehead atoms. The van der Waals surface area contributed by atoms with Gasteiger partial charge in [-0.05, 0) is 38.1 Å². The van der Waals surface area contributed by atoms with Crippen LogP contribution in [0.15, 0.2) is 17.8 Å². The summed E-state index contributed by atoms with van der Waals surface area (Å²) in [5.74, 6) is 0.170. The van der Waals surface area contributed by atoms with Crippen molar-refractivity contribution in [3.05, 3.63) is 29.0 Å². The Labute approximate surface area is 151 Å². The number of nitrogens with zero attached hydrogens (tertiary/aromatic N) is 4. The van der Waals surface area contributed by atoms with Crippen molar-refractivity contribution < 1.29 is 4.79 Å². The summed E-state index contributed by atoms with van der Waals surface area (Å²) in [5.41, 5.74) is 7.04. The van der Waals surface area contributed by atoms with E-state index >= 15 is 0 Å². The van der Waals surface area contributed by atoms with E-state index in [0.717, 1.165) is 62.7 Å². The summed E-state index contributed by atoms with van der Waals surface area (Å²) in [7, 11) is 0. The van der Waals surface area contributed by atoms with Crippen LogP contribution < -0.4 is 16.0 Å². The van der Waals surface area contributed by atoms with Gasteiger partial charge in [-0.2, -0.15) is 5.10 Å². The van der Waals surface area contributed by atoms with Crippen molar-refractivity contribution in [2.24, 2.45) is 11.7 Å². The average Bonchev–Trinajstić information content (AvgIpc) is 3.29. The second kappa shape index (κ2) is 7.13. The van der Waals surface area contributed by atoms with Crippen LogP contribution in [0.1, 0.15) is 35.3 Å². The molecule has 0 unspecified atom stereocenters. The van der Waals surface area contributed by atoms with Crippen molar-refractivity contribution in [2.75, 3.05) is 24.5 Å². The molecule has 0 radical (unpaired) electrons. The average molecular weight is 360 g/mol. The van der Waals surface area contributed by atoms with Crippen LogP contribution in [0.5, 0.6) is 0 Å². The number of carbonyl (C=O) groups excluding carboxylic acids is 1. The first kappa shape index (κ1) is 16.5. The number of amides is 1. The summed E-state index contributed by atoms with van der Waals surface area (Å²) in [6.07, 6.45) is 7.76. The molecular weight excluding hydrogens is 336 g/mol. The number of hydrogen-bond donors (Lipinski definition) is 2. The van der Waals surface area contributed by atoms with Crippen LogP contribution in [0, 0.1) is 5.92 Å². The second-order valence-corrected chi connectivity index (χ2v) is 7.81. The lowest BCUT2D eigenvalue weighted by Crippen LogP contribution is -2.44. The molecule has 134 valence electrons. The largest absolute Gasteiger partial charge is 0.365 e. The van der Waals surface area contributed by atoms with Crippen LogP contribution in [0.4, 0.5) is 5.13 Å². The van der Waals surface area contributed by atoms with Crippen molar-refractivity contribution in [3.63, 3.8) is 0 Å². The van der Waals surface area contributed by atoms with Crippen LogP contribution in [-0.2, 0) is 13.0 Å². The second-order valence-electron chi connectivity index (χ2n) is 6.94. The van der Waals surface area contributed by atoms with E-state index in [4.69, 9.17) is 5.73 Å². The van der Waals surface area contributed by atoms with Gasteiger partial charge in [0.15, 0.2) is 5.13 Å². The molecule has 2 aliphatic rings. The van der Waals surface area contributed by atoms with E-state index in [-0.39, 0.29) is 5.91 Å². The molecule has 4 heterocycles. The minimum absolute atomic E-state index is 0.371. The van der Waals surface area contributed by atoms with E-state index in [1.807, 2.05) is 16.3 Å². The number of nitrogens with one attached hydrogen (secondary N) is 1. The zero-order chi connectivity index (χ0) is 17.2. The van der Waals surface area contributed by atoms with Crippen molar-refractivity contribution in [3.8, 4) is 0 Å². The van der Waals surface area contributed by atoms with Gasteiger partial charge in [0.05, 0.1) is 17.5 Å². The Morgan fingerprint density at radius 2 is 2.16 bits per heavy atom. The third-order valence-electron chi connectivity index (χ3n) is 5.33. The SMILES string of the molecule is NC(=O)c1cnn2c1C[C@H](CNC1CCN(c3nccs3)CC1)CC2. The number of rotatable bonds is 5. The van der Waals surface area contributed by atoms with Gasteiger partial charge in [-0.15, -0.1) is 11.3 Å². The van der Waals surface area contributed by atoms with Gasteiger partial charge in [-0.1, -0.05) is 0 Å². The third-order valence-corrected chi connectivity index (χ3v) is 6.16. The molecule has 2 aromatic heterocycles. The summed E-state index contributed by atoms with van der Waals surface area (Å²) in [6, 6.07) is 0.568. The molecule has 8 heteroatoms. The van der Waals surface area contributed by atoms with Gasteiger partial charge >= 0.3 is 0 Å². The van der Waals surface area contributed by atoms with Crippen LogP contribution in [0.25, 0.3) is 0 Å². The van der Waals surface area contributed by atoms with Gasteiger partial charge < -0.3 is 16.0 Å². The molecule has 1 atom stereocenters. The summed E-state index contributed by atoms with van der Waals surface area (Å²) < 4.78 is 1.93. The highest BCUT2D eigenvalue weighted by Crippen LogP contribution is 2.24. The van der Waals surface area contributed by atoms with E-state index in [1.165, 1.54) is 0 Å². The van der Waals surface area contributed by atoms with Gasteiger partial charge in [0, 0.05) is 37.3 Å². The Morgan fingerprint density at radius 3 is 2.88 bits per heavy atom. The zero-order valence-electron chi connectivity index (χ0n) is 14.2. The number of hydrogen-bond acceptors (Lipinski definition) is 6. The molecule has 1 saturated heterocycles. The van der Waals surface area contributed by atoms with Gasteiger partial charge in [-0.25, -0.2) is 4.98 Å². The Morgan fingerprint density at radius 1 is 1.32 bits per heavy atom. The first-order valence-corrected chi connectivity index (χ1v) is 9.81. The fourth-order valence-electron chi connectivity index (χ4n) is 3.86. The Hall–Kier alpha value is -1.93. The molecular formula is C17H24N6OS. The number of piperidine rings is 1. The minimum Gasteiger partial charge on any atom is -0.365 e. The molecule has 1 amide bonds. The Balaban J connectivity index is 1.27. The summed E-state index contributed by atoms with van der Waals surface area (Å²) in [6.45, 7) is 3.99. The molecule has 0 spiro atoms. The molecule has 3 N–H and O–H groups in total. The lowest BCUT2D eigenvalue weighted by molar-refractivity contribution is 0.0998. The highest BCUT2D eigenvalue weighted by atomic mass is 32.1. The number of aryl methyl sites for hydroxylation is 1. The first-order chi connectivity index (χ1) is 12.2. The lowest BCUT2D eigenvalue weighted by atomic mass is 9.93. The van der Waals surface area contributed by atoms with E-state index in [1.54, 1.807) is 17.5 Å². The van der Waals surface area contributed by atoms with Crippen molar-refractivity contribution in [1.29, 1.82) is 0 Å². The third kappa shape index (κ3) is 3.55. The van der Waals surface area contributed by atoms with Crippen molar-refractivity contribution >= 4 is 22.4 Å². The fourth-order valence-corrected chi connectivity index (χ4v) is 4.56. The lowest BCUT2D eigenvalue weighted by Gasteiger charge is -2.33. The number of thiazole rings is 1. The summed E-state index contributed by atoms with van der Waals surface area (Å²) in [5, 5.41) is 11.2. The van der Waals surface area contributed by atoms with Gasteiger partial charge in [0.2, 0.25) is 0 Å². The standard InChI is InChI=1S/C17H24N6OS/c18-16(24)14-11-21-23-7-1-12(9-15(14)23)10-20-13-2-5-22(6-3-13)17-19-4-8-25-17/h4,8,11-13,20H,1-3,5-7,9-10H2,(H2,18,24)/t12-/m1/s1. The van der Waals surface area contributed by atoms with Crippen molar-refractivity contribution in [2.45, 2.75) is 38.3 Å². The van der Waals surface area contributed by atoms with E-state index < -0.39 is 0 Å². The molecule has 25 heavy (non-hydrogen) atoms. The predicted molar refractivity (Wildman–Crippen MR) is 97.9 cm³/mol. The van der Waals surface area contributed by atoms with Crippen LogP contribution >= 0.6 is 11.3 Å². The van der Waals surface area contributed by atoms with Crippen LogP contribution in [0.3, 0.4) is 0 Å². The van der Waals surface area contributed by atoms with E-state index in [0.29, 0.717) is 17.5 Å². The fraction of sp³-hybridized carbons (Fsp3) is 0.588. The number of carbonyl (C=O) groups is 1. The van der Waals surface area contributed by atoms with Gasteiger partial charge in [-0.3, -0.25) is 9.48 Å². The molecule has 0 aliphatic carbocycles.